The van der Waals surface area contributed by atoms with Crippen molar-refractivity contribution in [3.05, 3.63) is 65.2 Å². The fraction of sp³-hybridized carbons (Fsp3) is 0.316. The number of guanidine groups is 1. The highest BCUT2D eigenvalue weighted by Crippen LogP contribution is 2.31. The lowest BCUT2D eigenvalue weighted by molar-refractivity contribution is 0.262. The lowest BCUT2D eigenvalue weighted by atomic mass is 10.0. The molecule has 1 unspecified atom stereocenters. The van der Waals surface area contributed by atoms with Gasteiger partial charge < -0.3 is 15.8 Å². The molecule has 1 atom stereocenters. The third-order valence-corrected chi connectivity index (χ3v) is 4.64. The predicted octanol–water partition coefficient (Wildman–Crippen LogP) is 4.10. The van der Waals surface area contributed by atoms with Gasteiger partial charge in [0.1, 0.15) is 5.75 Å². The summed E-state index contributed by atoms with van der Waals surface area (Å²) >= 11 is 1.82. The largest absolute Gasteiger partial charge is 0.493 e. The van der Waals surface area contributed by atoms with Crippen LogP contribution >= 0.6 is 35.7 Å². The van der Waals surface area contributed by atoms with Crippen LogP contribution in [-0.4, -0.2) is 18.8 Å². The Hall–Kier alpha value is -1.41. The molecule has 2 aromatic carbocycles. The second-order valence-corrected chi connectivity index (χ2v) is 6.69. The number of halogens is 1. The molecular weight excluding hydrogens is 445 g/mol. The topological polar surface area (TPSA) is 59.6 Å². The first-order valence-corrected chi connectivity index (χ1v) is 9.50. The summed E-state index contributed by atoms with van der Waals surface area (Å²) in [7, 11) is 0. The molecule has 25 heavy (non-hydrogen) atoms. The highest BCUT2D eigenvalue weighted by atomic mass is 127. The summed E-state index contributed by atoms with van der Waals surface area (Å²) in [6.07, 6.45) is 2.99. The van der Waals surface area contributed by atoms with E-state index in [2.05, 4.69) is 46.9 Å². The van der Waals surface area contributed by atoms with E-state index in [9.17, 15) is 0 Å². The monoisotopic (exact) mass is 469 g/mol. The number of fused-ring (bicyclic) bond motifs is 1. The van der Waals surface area contributed by atoms with Crippen LogP contribution in [0.15, 0.2) is 53.5 Å². The van der Waals surface area contributed by atoms with Crippen molar-refractivity contribution < 1.29 is 4.74 Å². The van der Waals surface area contributed by atoms with Crippen molar-refractivity contribution in [1.29, 1.82) is 0 Å². The quantitative estimate of drug-likeness (QED) is 0.394. The average Bonchev–Trinajstić information content (AvgIpc) is 2.61. The molecule has 6 heteroatoms. The van der Waals surface area contributed by atoms with Gasteiger partial charge in [0.05, 0.1) is 19.2 Å². The Morgan fingerprint density at radius 3 is 2.88 bits per heavy atom. The molecule has 1 heterocycles. The Bertz CT molecular complexity index is 723. The molecule has 1 aliphatic rings. The summed E-state index contributed by atoms with van der Waals surface area (Å²) in [5.41, 5.74) is 9.74. The first-order chi connectivity index (χ1) is 11.8. The molecule has 0 amide bonds. The molecule has 4 nitrogen and oxygen atoms in total. The zero-order valence-corrected chi connectivity index (χ0v) is 17.4. The van der Waals surface area contributed by atoms with Crippen molar-refractivity contribution in [3.63, 3.8) is 0 Å². The fourth-order valence-corrected chi connectivity index (χ4v) is 3.39. The molecule has 0 aromatic heterocycles. The smallest absolute Gasteiger partial charge is 0.189 e. The number of nitrogens with zero attached hydrogens (tertiary/aromatic N) is 1. The summed E-state index contributed by atoms with van der Waals surface area (Å²) in [6, 6.07) is 16.7. The van der Waals surface area contributed by atoms with Crippen LogP contribution in [0, 0.1) is 0 Å². The van der Waals surface area contributed by atoms with Gasteiger partial charge in [-0.2, -0.15) is 11.8 Å². The van der Waals surface area contributed by atoms with Crippen LogP contribution in [0.4, 0.5) is 0 Å². The van der Waals surface area contributed by atoms with Gasteiger partial charge in [0, 0.05) is 17.7 Å². The van der Waals surface area contributed by atoms with Crippen molar-refractivity contribution >= 4 is 41.7 Å². The van der Waals surface area contributed by atoms with E-state index in [0.717, 1.165) is 23.5 Å². The summed E-state index contributed by atoms with van der Waals surface area (Å²) in [6.45, 7) is 1.28. The number of para-hydroxylation sites is 1. The van der Waals surface area contributed by atoms with Gasteiger partial charge in [0.15, 0.2) is 5.96 Å². The third-order valence-electron chi connectivity index (χ3n) is 4.02. The van der Waals surface area contributed by atoms with Gasteiger partial charge in [-0.1, -0.05) is 42.5 Å². The summed E-state index contributed by atoms with van der Waals surface area (Å²) < 4.78 is 5.68. The molecule has 134 valence electrons. The van der Waals surface area contributed by atoms with Crippen molar-refractivity contribution in [2.24, 2.45) is 10.7 Å². The van der Waals surface area contributed by atoms with Crippen molar-refractivity contribution in [1.82, 2.24) is 5.32 Å². The number of nitrogens with one attached hydrogen (secondary N) is 1. The van der Waals surface area contributed by atoms with Crippen LogP contribution in [0.25, 0.3) is 0 Å². The number of thioether (sulfide) groups is 1. The standard InChI is InChI=1S/C19H23N3OS.HI/c1-24-13-15-6-4-5-14(11-15)12-21-19(20)22-17-9-10-23-18-8-3-2-7-16(17)18;/h2-8,11,17H,9-10,12-13H2,1H3,(H3,20,21,22);1H. The van der Waals surface area contributed by atoms with Gasteiger partial charge in [-0.25, -0.2) is 4.99 Å². The Kier molecular flexibility index (Phi) is 7.90. The van der Waals surface area contributed by atoms with E-state index < -0.39 is 0 Å². The van der Waals surface area contributed by atoms with Gasteiger partial charge in [-0.15, -0.1) is 24.0 Å². The van der Waals surface area contributed by atoms with Gasteiger partial charge in [-0.05, 0) is 23.4 Å². The molecule has 0 radical (unpaired) electrons. The lowest BCUT2D eigenvalue weighted by Crippen LogP contribution is -2.37. The minimum Gasteiger partial charge on any atom is -0.493 e. The van der Waals surface area contributed by atoms with E-state index in [-0.39, 0.29) is 30.0 Å². The molecule has 0 fully saturated rings. The number of aliphatic imine (C=N–C) groups is 1. The zero-order valence-electron chi connectivity index (χ0n) is 14.3. The van der Waals surface area contributed by atoms with Crippen LogP contribution in [0.5, 0.6) is 5.75 Å². The molecule has 0 aliphatic carbocycles. The van der Waals surface area contributed by atoms with E-state index in [4.69, 9.17) is 10.5 Å². The Morgan fingerprint density at radius 1 is 1.24 bits per heavy atom. The number of ether oxygens (including phenoxy) is 1. The maximum absolute atomic E-state index is 6.10. The van der Waals surface area contributed by atoms with E-state index in [0.29, 0.717) is 19.1 Å². The maximum Gasteiger partial charge on any atom is 0.189 e. The minimum absolute atomic E-state index is 0. The SMILES string of the molecule is CSCc1cccc(CN=C(N)NC2CCOc3ccccc32)c1.I. The molecule has 3 rings (SSSR count). The van der Waals surface area contributed by atoms with Crippen LogP contribution < -0.4 is 15.8 Å². The lowest BCUT2D eigenvalue weighted by Gasteiger charge is -2.26. The minimum atomic E-state index is 0. The zero-order chi connectivity index (χ0) is 16.8. The van der Waals surface area contributed by atoms with Crippen LogP contribution in [0.1, 0.15) is 29.2 Å². The van der Waals surface area contributed by atoms with E-state index in [1.54, 1.807) is 0 Å². The first kappa shape index (κ1) is 19.9. The van der Waals surface area contributed by atoms with Crippen LogP contribution in [-0.2, 0) is 12.3 Å². The Morgan fingerprint density at radius 2 is 2.04 bits per heavy atom. The van der Waals surface area contributed by atoms with Crippen LogP contribution in [0.3, 0.4) is 0 Å². The highest BCUT2D eigenvalue weighted by molar-refractivity contribution is 14.0. The fourth-order valence-electron chi connectivity index (χ4n) is 2.88. The maximum atomic E-state index is 6.10. The Balaban J connectivity index is 0.00000225. The molecule has 2 aromatic rings. The second kappa shape index (κ2) is 9.91. The predicted molar refractivity (Wildman–Crippen MR) is 117 cm³/mol. The second-order valence-electron chi connectivity index (χ2n) is 5.83. The van der Waals surface area contributed by atoms with E-state index in [1.807, 2.05) is 30.0 Å². The number of nitrogens with two attached hydrogens (primary N) is 1. The number of rotatable bonds is 5. The van der Waals surface area contributed by atoms with Crippen molar-refractivity contribution in [2.45, 2.75) is 24.8 Å². The van der Waals surface area contributed by atoms with Gasteiger partial charge in [0.2, 0.25) is 0 Å². The van der Waals surface area contributed by atoms with Gasteiger partial charge in [-0.3, -0.25) is 0 Å². The van der Waals surface area contributed by atoms with E-state index >= 15 is 0 Å². The third kappa shape index (κ3) is 5.54. The molecule has 0 saturated heterocycles. The molecule has 0 bridgehead atoms. The normalized spacial score (nSPS) is 16.4. The van der Waals surface area contributed by atoms with Gasteiger partial charge in [0.25, 0.3) is 0 Å². The average molecular weight is 469 g/mol. The molecular formula is C19H24IN3OS. The molecule has 0 spiro atoms. The summed E-state index contributed by atoms with van der Waals surface area (Å²) in [4.78, 5) is 4.50. The number of hydrogen-bond donors (Lipinski definition) is 2. The van der Waals surface area contributed by atoms with Crippen molar-refractivity contribution in [3.8, 4) is 5.75 Å². The highest BCUT2D eigenvalue weighted by Gasteiger charge is 2.21. The summed E-state index contributed by atoms with van der Waals surface area (Å²) in [5, 5.41) is 3.33. The van der Waals surface area contributed by atoms with Crippen LogP contribution in [0.2, 0.25) is 0 Å². The van der Waals surface area contributed by atoms with E-state index in [1.165, 1.54) is 11.1 Å². The first-order valence-electron chi connectivity index (χ1n) is 8.11. The Labute approximate surface area is 170 Å². The molecule has 1 aliphatic heterocycles. The number of benzene rings is 2. The van der Waals surface area contributed by atoms with Gasteiger partial charge >= 0.3 is 0 Å². The summed E-state index contributed by atoms with van der Waals surface area (Å²) in [5.74, 6) is 2.43. The number of hydrogen-bond acceptors (Lipinski definition) is 3. The molecule has 3 N–H and O–H groups in total. The van der Waals surface area contributed by atoms with Crippen molar-refractivity contribution in [2.75, 3.05) is 12.9 Å². The molecule has 0 saturated carbocycles.